The largest absolute Gasteiger partial charge is 0.497 e. The van der Waals surface area contributed by atoms with Gasteiger partial charge in [0.25, 0.3) is 0 Å². The fourth-order valence-electron chi connectivity index (χ4n) is 3.36. The molecule has 2 aromatic carbocycles. The van der Waals surface area contributed by atoms with Gasteiger partial charge in [-0.05, 0) is 36.1 Å². The lowest BCUT2D eigenvalue weighted by atomic mass is 9.95. The number of rotatable bonds is 7. The van der Waals surface area contributed by atoms with Crippen molar-refractivity contribution in [3.05, 3.63) is 59.2 Å². The van der Waals surface area contributed by atoms with Crippen molar-refractivity contribution < 1.29 is 19.0 Å². The molecule has 0 fully saturated rings. The van der Waals surface area contributed by atoms with Crippen LogP contribution >= 0.6 is 0 Å². The van der Waals surface area contributed by atoms with Gasteiger partial charge in [-0.3, -0.25) is 4.79 Å². The van der Waals surface area contributed by atoms with Gasteiger partial charge in [0.05, 0.1) is 19.6 Å². The monoisotopic (exact) mass is 369 g/mol. The van der Waals surface area contributed by atoms with E-state index in [1.807, 2.05) is 35.2 Å². The van der Waals surface area contributed by atoms with Crippen LogP contribution in [0.4, 0.5) is 0 Å². The van der Waals surface area contributed by atoms with Crippen LogP contribution in [0.5, 0.6) is 11.5 Å². The second-order valence-electron chi connectivity index (χ2n) is 6.86. The molecule has 0 N–H and O–H groups in total. The maximum Gasteiger partial charge on any atom is 0.229 e. The molecule has 2 aromatic rings. The van der Waals surface area contributed by atoms with E-state index in [4.69, 9.17) is 14.2 Å². The second kappa shape index (κ2) is 8.91. The summed E-state index contributed by atoms with van der Waals surface area (Å²) in [7, 11) is 3.29. The summed E-state index contributed by atoms with van der Waals surface area (Å²) in [6.45, 7) is 4.12. The zero-order valence-electron chi connectivity index (χ0n) is 16.2. The number of carbonyl (C=O) groups is 1. The highest BCUT2D eigenvalue weighted by Crippen LogP contribution is 2.31. The minimum Gasteiger partial charge on any atom is -0.497 e. The fraction of sp³-hybridized carbons (Fsp3) is 0.409. The van der Waals surface area contributed by atoms with Crippen molar-refractivity contribution in [1.29, 1.82) is 0 Å². The van der Waals surface area contributed by atoms with Crippen molar-refractivity contribution in [1.82, 2.24) is 4.90 Å². The SMILES string of the molecule is COCCN(Cc1ccccc1C)C(=O)C1COc2cc(OC)ccc2C1. The first-order valence-electron chi connectivity index (χ1n) is 9.24. The molecule has 5 heteroatoms. The van der Waals surface area contributed by atoms with Crippen molar-refractivity contribution in [2.75, 3.05) is 34.0 Å². The van der Waals surface area contributed by atoms with E-state index >= 15 is 0 Å². The number of nitrogens with zero attached hydrogens (tertiary/aromatic N) is 1. The average Bonchev–Trinajstić information content (AvgIpc) is 2.71. The van der Waals surface area contributed by atoms with Gasteiger partial charge in [0.2, 0.25) is 5.91 Å². The average molecular weight is 369 g/mol. The Hall–Kier alpha value is -2.53. The predicted molar refractivity (Wildman–Crippen MR) is 104 cm³/mol. The molecule has 0 spiro atoms. The van der Waals surface area contributed by atoms with Crippen molar-refractivity contribution in [2.45, 2.75) is 19.9 Å². The molecule has 0 aliphatic carbocycles. The molecule has 0 saturated carbocycles. The van der Waals surface area contributed by atoms with Crippen molar-refractivity contribution in [3.63, 3.8) is 0 Å². The fourth-order valence-corrected chi connectivity index (χ4v) is 3.36. The Labute approximate surface area is 160 Å². The minimum absolute atomic E-state index is 0.108. The van der Waals surface area contributed by atoms with Crippen molar-refractivity contribution >= 4 is 5.91 Å². The van der Waals surface area contributed by atoms with Crippen LogP contribution in [0.1, 0.15) is 16.7 Å². The predicted octanol–water partition coefficient (Wildman–Crippen LogP) is 3.23. The first kappa shape index (κ1) is 19.2. The molecule has 1 heterocycles. The Morgan fingerprint density at radius 3 is 2.78 bits per heavy atom. The first-order chi connectivity index (χ1) is 13.1. The number of hydrogen-bond acceptors (Lipinski definition) is 4. The molecule has 0 radical (unpaired) electrons. The van der Waals surface area contributed by atoms with E-state index in [1.54, 1.807) is 14.2 Å². The molecule has 27 heavy (non-hydrogen) atoms. The summed E-state index contributed by atoms with van der Waals surface area (Å²) in [6, 6.07) is 13.9. The third kappa shape index (κ3) is 4.61. The Kier molecular flexibility index (Phi) is 6.35. The van der Waals surface area contributed by atoms with Crippen molar-refractivity contribution in [3.8, 4) is 11.5 Å². The van der Waals surface area contributed by atoms with E-state index in [2.05, 4.69) is 19.1 Å². The maximum atomic E-state index is 13.2. The van der Waals surface area contributed by atoms with Crippen LogP contribution in [-0.2, 0) is 22.5 Å². The van der Waals surface area contributed by atoms with Crippen LogP contribution in [0.25, 0.3) is 0 Å². The molecule has 1 amide bonds. The molecule has 1 aliphatic heterocycles. The van der Waals surface area contributed by atoms with Gasteiger partial charge in [-0.15, -0.1) is 0 Å². The molecule has 5 nitrogen and oxygen atoms in total. The standard InChI is InChI=1S/C22H27NO4/c1-16-6-4-5-7-18(16)14-23(10-11-25-2)22(24)19-12-17-8-9-20(26-3)13-21(17)27-15-19/h4-9,13,19H,10-12,14-15H2,1-3H3. The minimum atomic E-state index is -0.188. The first-order valence-corrected chi connectivity index (χ1v) is 9.24. The summed E-state index contributed by atoms with van der Waals surface area (Å²) in [5, 5.41) is 0. The van der Waals surface area contributed by atoms with E-state index in [-0.39, 0.29) is 11.8 Å². The topological polar surface area (TPSA) is 48.0 Å². The van der Waals surface area contributed by atoms with E-state index < -0.39 is 0 Å². The van der Waals surface area contributed by atoms with Crippen LogP contribution < -0.4 is 9.47 Å². The summed E-state index contributed by atoms with van der Waals surface area (Å²) in [6.07, 6.45) is 0.676. The Bertz CT molecular complexity index is 790. The maximum absolute atomic E-state index is 13.2. The number of fused-ring (bicyclic) bond motifs is 1. The molecule has 0 saturated heterocycles. The number of ether oxygens (including phenoxy) is 3. The van der Waals surface area contributed by atoms with E-state index in [0.717, 1.165) is 22.6 Å². The smallest absolute Gasteiger partial charge is 0.229 e. The van der Waals surface area contributed by atoms with E-state index in [1.165, 1.54) is 5.56 Å². The Morgan fingerprint density at radius 1 is 1.22 bits per heavy atom. The number of amides is 1. The summed E-state index contributed by atoms with van der Waals surface area (Å²) in [5.41, 5.74) is 3.39. The molecule has 1 aliphatic rings. The Morgan fingerprint density at radius 2 is 2.04 bits per heavy atom. The second-order valence-corrected chi connectivity index (χ2v) is 6.86. The van der Waals surface area contributed by atoms with Gasteiger partial charge in [-0.25, -0.2) is 0 Å². The van der Waals surface area contributed by atoms with Crippen molar-refractivity contribution in [2.24, 2.45) is 5.92 Å². The van der Waals surface area contributed by atoms with Crippen LogP contribution in [0.3, 0.4) is 0 Å². The zero-order chi connectivity index (χ0) is 19.2. The summed E-state index contributed by atoms with van der Waals surface area (Å²) >= 11 is 0. The molecule has 1 atom stereocenters. The number of methoxy groups -OCH3 is 2. The summed E-state index contributed by atoms with van der Waals surface area (Å²) in [4.78, 5) is 15.1. The summed E-state index contributed by atoms with van der Waals surface area (Å²) in [5.74, 6) is 1.49. The lowest BCUT2D eigenvalue weighted by Crippen LogP contribution is -2.42. The summed E-state index contributed by atoms with van der Waals surface area (Å²) < 4.78 is 16.3. The van der Waals surface area contributed by atoms with E-state index in [0.29, 0.717) is 32.7 Å². The van der Waals surface area contributed by atoms with Gasteiger partial charge < -0.3 is 19.1 Å². The van der Waals surface area contributed by atoms with E-state index in [9.17, 15) is 4.79 Å². The molecule has 144 valence electrons. The zero-order valence-corrected chi connectivity index (χ0v) is 16.2. The number of hydrogen-bond donors (Lipinski definition) is 0. The van der Waals surface area contributed by atoms with Crippen LogP contribution in [0.15, 0.2) is 42.5 Å². The highest BCUT2D eigenvalue weighted by molar-refractivity contribution is 5.80. The van der Waals surface area contributed by atoms with Gasteiger partial charge in [0.1, 0.15) is 18.1 Å². The van der Waals surface area contributed by atoms with Crippen LogP contribution in [0, 0.1) is 12.8 Å². The molecular formula is C22H27NO4. The van der Waals surface area contributed by atoms with Crippen LogP contribution in [-0.4, -0.2) is 44.8 Å². The third-order valence-electron chi connectivity index (χ3n) is 5.03. The number of carbonyl (C=O) groups excluding carboxylic acids is 1. The molecular weight excluding hydrogens is 342 g/mol. The van der Waals surface area contributed by atoms with Gasteiger partial charge in [-0.2, -0.15) is 0 Å². The lowest BCUT2D eigenvalue weighted by molar-refractivity contribution is -0.138. The quantitative estimate of drug-likeness (QED) is 0.752. The lowest BCUT2D eigenvalue weighted by Gasteiger charge is -2.31. The highest BCUT2D eigenvalue weighted by atomic mass is 16.5. The Balaban J connectivity index is 1.74. The van der Waals surface area contributed by atoms with Gasteiger partial charge in [0.15, 0.2) is 0 Å². The molecule has 1 unspecified atom stereocenters. The number of benzene rings is 2. The molecule has 3 rings (SSSR count). The third-order valence-corrected chi connectivity index (χ3v) is 5.03. The van der Waals surface area contributed by atoms with Crippen LogP contribution in [0.2, 0.25) is 0 Å². The normalized spacial score (nSPS) is 15.6. The highest BCUT2D eigenvalue weighted by Gasteiger charge is 2.30. The van der Waals surface area contributed by atoms with Gasteiger partial charge in [-0.1, -0.05) is 30.3 Å². The van der Waals surface area contributed by atoms with Gasteiger partial charge in [0, 0.05) is 26.3 Å². The molecule has 0 aromatic heterocycles. The molecule has 0 bridgehead atoms. The van der Waals surface area contributed by atoms with Gasteiger partial charge >= 0.3 is 0 Å². The number of aryl methyl sites for hydroxylation is 1.